The van der Waals surface area contributed by atoms with E-state index in [4.69, 9.17) is 21.4 Å². The fourth-order valence-corrected chi connectivity index (χ4v) is 1.49. The van der Waals surface area contributed by atoms with Crippen LogP contribution in [-0.4, -0.2) is 17.2 Å². The van der Waals surface area contributed by atoms with Gasteiger partial charge in [0.1, 0.15) is 5.75 Å². The Labute approximate surface area is 100.0 Å². The number of aliphatic carboxylic acids is 1. The van der Waals surface area contributed by atoms with E-state index in [-0.39, 0.29) is 5.92 Å². The molecule has 0 heterocycles. The fourth-order valence-electron chi connectivity index (χ4n) is 1.32. The lowest BCUT2D eigenvalue weighted by molar-refractivity contribution is -0.147. The van der Waals surface area contributed by atoms with Crippen molar-refractivity contribution in [3.8, 4) is 5.75 Å². The van der Waals surface area contributed by atoms with Crippen LogP contribution in [0.5, 0.6) is 5.75 Å². The van der Waals surface area contributed by atoms with Crippen LogP contribution in [0.3, 0.4) is 0 Å². The summed E-state index contributed by atoms with van der Waals surface area (Å²) in [6, 6.07) is 5.21. The SMILES string of the molecule is Cc1c(Cl)cccc1OC(C(=O)O)C(C)C. The van der Waals surface area contributed by atoms with E-state index in [1.807, 2.05) is 0 Å². The highest BCUT2D eigenvalue weighted by molar-refractivity contribution is 6.31. The second-order valence-electron chi connectivity index (χ2n) is 3.98. The van der Waals surface area contributed by atoms with E-state index in [1.54, 1.807) is 39.0 Å². The van der Waals surface area contributed by atoms with Crippen molar-refractivity contribution in [1.82, 2.24) is 0 Å². The van der Waals surface area contributed by atoms with Gasteiger partial charge in [0, 0.05) is 16.5 Å². The Morgan fingerprint density at radius 1 is 1.44 bits per heavy atom. The zero-order valence-electron chi connectivity index (χ0n) is 9.53. The fraction of sp³-hybridized carbons (Fsp3) is 0.417. The monoisotopic (exact) mass is 242 g/mol. The molecule has 88 valence electrons. The van der Waals surface area contributed by atoms with Gasteiger partial charge in [-0.2, -0.15) is 0 Å². The first-order valence-corrected chi connectivity index (χ1v) is 5.46. The highest BCUT2D eigenvalue weighted by atomic mass is 35.5. The van der Waals surface area contributed by atoms with Crippen LogP contribution in [0.4, 0.5) is 0 Å². The molecule has 1 aromatic carbocycles. The van der Waals surface area contributed by atoms with Gasteiger partial charge >= 0.3 is 5.97 Å². The number of rotatable bonds is 4. The van der Waals surface area contributed by atoms with E-state index in [0.29, 0.717) is 10.8 Å². The van der Waals surface area contributed by atoms with E-state index in [2.05, 4.69) is 0 Å². The standard InChI is InChI=1S/C12H15ClO3/c1-7(2)11(12(14)15)16-10-6-4-5-9(13)8(10)3/h4-7,11H,1-3H3,(H,14,15). The molecule has 0 aliphatic carbocycles. The summed E-state index contributed by atoms with van der Waals surface area (Å²) in [5, 5.41) is 9.58. The van der Waals surface area contributed by atoms with Crippen LogP contribution in [0.1, 0.15) is 19.4 Å². The van der Waals surface area contributed by atoms with Crippen molar-refractivity contribution in [3.05, 3.63) is 28.8 Å². The molecular weight excluding hydrogens is 228 g/mol. The lowest BCUT2D eigenvalue weighted by Crippen LogP contribution is -2.32. The Kier molecular flexibility index (Phi) is 4.19. The minimum Gasteiger partial charge on any atom is -0.478 e. The third-order valence-electron chi connectivity index (χ3n) is 2.32. The maximum atomic E-state index is 11.0. The average molecular weight is 243 g/mol. The van der Waals surface area contributed by atoms with Gasteiger partial charge in [-0.1, -0.05) is 31.5 Å². The molecule has 0 aliphatic heterocycles. The number of benzene rings is 1. The molecule has 0 bridgehead atoms. The van der Waals surface area contributed by atoms with Crippen molar-refractivity contribution >= 4 is 17.6 Å². The van der Waals surface area contributed by atoms with Gasteiger partial charge in [-0.15, -0.1) is 0 Å². The summed E-state index contributed by atoms with van der Waals surface area (Å²) in [5.41, 5.74) is 0.760. The molecule has 3 nitrogen and oxygen atoms in total. The van der Waals surface area contributed by atoms with Gasteiger partial charge in [-0.25, -0.2) is 4.79 Å². The largest absolute Gasteiger partial charge is 0.478 e. The Bertz CT molecular complexity index is 388. The molecule has 0 spiro atoms. The topological polar surface area (TPSA) is 46.5 Å². The van der Waals surface area contributed by atoms with Crippen LogP contribution < -0.4 is 4.74 Å². The van der Waals surface area contributed by atoms with Crippen molar-refractivity contribution in [1.29, 1.82) is 0 Å². The molecule has 0 saturated carbocycles. The first kappa shape index (κ1) is 12.8. The van der Waals surface area contributed by atoms with Gasteiger partial charge in [-0.05, 0) is 19.1 Å². The van der Waals surface area contributed by atoms with Crippen LogP contribution in [0.25, 0.3) is 0 Å². The lowest BCUT2D eigenvalue weighted by atomic mass is 10.1. The van der Waals surface area contributed by atoms with Crippen LogP contribution in [-0.2, 0) is 4.79 Å². The Hall–Kier alpha value is -1.22. The molecule has 0 saturated heterocycles. The molecule has 1 unspecified atom stereocenters. The first-order chi connectivity index (χ1) is 7.43. The van der Waals surface area contributed by atoms with E-state index in [9.17, 15) is 4.79 Å². The minimum absolute atomic E-state index is 0.101. The molecule has 1 atom stereocenters. The van der Waals surface area contributed by atoms with Gasteiger partial charge in [0.15, 0.2) is 6.10 Å². The maximum Gasteiger partial charge on any atom is 0.345 e. The zero-order valence-corrected chi connectivity index (χ0v) is 10.3. The zero-order chi connectivity index (χ0) is 12.3. The lowest BCUT2D eigenvalue weighted by Gasteiger charge is -2.19. The molecule has 0 amide bonds. The molecular formula is C12H15ClO3. The average Bonchev–Trinajstić information content (AvgIpc) is 2.19. The van der Waals surface area contributed by atoms with Gasteiger partial charge in [0.25, 0.3) is 0 Å². The van der Waals surface area contributed by atoms with Crippen LogP contribution >= 0.6 is 11.6 Å². The van der Waals surface area contributed by atoms with E-state index >= 15 is 0 Å². The number of hydrogen-bond donors (Lipinski definition) is 1. The van der Waals surface area contributed by atoms with E-state index in [1.165, 1.54) is 0 Å². The van der Waals surface area contributed by atoms with E-state index < -0.39 is 12.1 Å². The number of halogens is 1. The third kappa shape index (κ3) is 2.89. The number of carboxylic acid groups (broad SMARTS) is 1. The molecule has 0 radical (unpaired) electrons. The quantitative estimate of drug-likeness (QED) is 0.882. The second-order valence-corrected chi connectivity index (χ2v) is 4.39. The molecule has 1 rings (SSSR count). The van der Waals surface area contributed by atoms with Crippen LogP contribution in [0, 0.1) is 12.8 Å². The predicted molar refractivity (Wildman–Crippen MR) is 63.1 cm³/mol. The second kappa shape index (κ2) is 5.21. The Balaban J connectivity index is 2.94. The predicted octanol–water partition coefficient (Wildman–Crippen LogP) is 3.14. The maximum absolute atomic E-state index is 11.0. The van der Waals surface area contributed by atoms with Gasteiger partial charge in [0.2, 0.25) is 0 Å². The molecule has 1 aromatic rings. The Morgan fingerprint density at radius 2 is 2.06 bits per heavy atom. The number of ether oxygens (including phenoxy) is 1. The van der Waals surface area contributed by atoms with Crippen molar-refractivity contribution in [3.63, 3.8) is 0 Å². The molecule has 16 heavy (non-hydrogen) atoms. The summed E-state index contributed by atoms with van der Waals surface area (Å²) in [6.45, 7) is 5.41. The van der Waals surface area contributed by atoms with Gasteiger partial charge < -0.3 is 9.84 Å². The molecule has 0 aromatic heterocycles. The summed E-state index contributed by atoms with van der Waals surface area (Å²) in [4.78, 5) is 11.0. The smallest absolute Gasteiger partial charge is 0.345 e. The van der Waals surface area contributed by atoms with Crippen molar-refractivity contribution < 1.29 is 14.6 Å². The Morgan fingerprint density at radius 3 is 2.56 bits per heavy atom. The van der Waals surface area contributed by atoms with Crippen molar-refractivity contribution in [2.24, 2.45) is 5.92 Å². The van der Waals surface area contributed by atoms with Crippen molar-refractivity contribution in [2.45, 2.75) is 26.9 Å². The molecule has 1 N–H and O–H groups in total. The third-order valence-corrected chi connectivity index (χ3v) is 2.73. The minimum atomic E-state index is -0.964. The van der Waals surface area contributed by atoms with E-state index in [0.717, 1.165) is 5.56 Å². The number of carboxylic acids is 1. The highest BCUT2D eigenvalue weighted by Crippen LogP contribution is 2.27. The normalized spacial score (nSPS) is 12.6. The molecule has 4 heteroatoms. The van der Waals surface area contributed by atoms with Gasteiger partial charge in [-0.3, -0.25) is 0 Å². The van der Waals surface area contributed by atoms with Crippen LogP contribution in [0.2, 0.25) is 5.02 Å². The van der Waals surface area contributed by atoms with Crippen molar-refractivity contribution in [2.75, 3.05) is 0 Å². The first-order valence-electron chi connectivity index (χ1n) is 5.08. The molecule has 0 aliphatic rings. The summed E-state index contributed by atoms with van der Waals surface area (Å²) >= 11 is 5.93. The molecule has 0 fully saturated rings. The number of hydrogen-bond acceptors (Lipinski definition) is 2. The summed E-state index contributed by atoms with van der Waals surface area (Å²) in [6.07, 6.45) is -0.850. The van der Waals surface area contributed by atoms with Crippen LogP contribution in [0.15, 0.2) is 18.2 Å². The summed E-state index contributed by atoms with van der Waals surface area (Å²) in [7, 11) is 0. The highest BCUT2D eigenvalue weighted by Gasteiger charge is 2.24. The summed E-state index contributed by atoms with van der Waals surface area (Å²) in [5.74, 6) is -0.543. The summed E-state index contributed by atoms with van der Waals surface area (Å²) < 4.78 is 5.46. The number of carbonyl (C=O) groups is 1. The van der Waals surface area contributed by atoms with Gasteiger partial charge in [0.05, 0.1) is 0 Å².